The molecule has 1 N–H and O–H groups in total. The van der Waals surface area contributed by atoms with Crippen LogP contribution in [0.1, 0.15) is 29.6 Å². The van der Waals surface area contributed by atoms with Crippen LogP contribution in [0.2, 0.25) is 10.0 Å². The fourth-order valence-electron chi connectivity index (χ4n) is 3.33. The number of nitrogens with zero attached hydrogens (tertiary/aromatic N) is 1. The maximum Gasteiger partial charge on any atom is 0.256 e. The molecule has 2 fully saturated rings. The van der Waals surface area contributed by atoms with Gasteiger partial charge in [0.15, 0.2) is 0 Å². The summed E-state index contributed by atoms with van der Waals surface area (Å²) >= 11 is 12.3. The lowest BCUT2D eigenvalue weighted by molar-refractivity contribution is 0.0762. The van der Waals surface area contributed by atoms with E-state index in [1.165, 1.54) is 0 Å². The van der Waals surface area contributed by atoms with E-state index in [0.717, 1.165) is 45.4 Å². The molecule has 0 saturated carbocycles. The van der Waals surface area contributed by atoms with Crippen molar-refractivity contribution in [2.75, 3.05) is 26.2 Å². The largest absolute Gasteiger partial charge is 0.338 e. The van der Waals surface area contributed by atoms with Crippen molar-refractivity contribution in [1.82, 2.24) is 10.2 Å². The summed E-state index contributed by atoms with van der Waals surface area (Å²) in [6.45, 7) is 3.74. The highest BCUT2D eigenvalue weighted by Crippen LogP contribution is 2.39. The van der Waals surface area contributed by atoms with Crippen LogP contribution in [0.5, 0.6) is 0 Å². The predicted octanol–water partition coefficient (Wildman–Crippen LogP) is 3.63. The Labute approximate surface area is 141 Å². The van der Waals surface area contributed by atoms with Crippen LogP contribution in [0.3, 0.4) is 0 Å². The first-order valence-corrected chi connectivity index (χ1v) is 7.81. The summed E-state index contributed by atoms with van der Waals surface area (Å²) in [6.07, 6.45) is 3.38. The van der Waals surface area contributed by atoms with Crippen LogP contribution in [0.15, 0.2) is 18.2 Å². The number of halogens is 3. The Bertz CT molecular complexity index is 509. The van der Waals surface area contributed by atoms with Crippen LogP contribution in [-0.4, -0.2) is 37.0 Å². The average Bonchev–Trinajstić information content (AvgIpc) is 2.83. The van der Waals surface area contributed by atoms with Crippen molar-refractivity contribution < 1.29 is 4.79 Å². The SMILES string of the molecule is Cl.O=C(c1c(Cl)cccc1Cl)N1CCC2(CCNCC2)C1. The van der Waals surface area contributed by atoms with Gasteiger partial charge >= 0.3 is 0 Å². The number of amides is 1. The zero-order chi connectivity index (χ0) is 14.2. The second-order valence-corrected chi connectivity index (χ2v) is 6.64. The molecule has 116 valence electrons. The van der Waals surface area contributed by atoms with E-state index >= 15 is 0 Å². The van der Waals surface area contributed by atoms with Crippen molar-refractivity contribution in [3.8, 4) is 0 Å². The summed E-state index contributed by atoms with van der Waals surface area (Å²) in [5.74, 6) is -0.0315. The number of benzene rings is 1. The molecule has 21 heavy (non-hydrogen) atoms. The predicted molar refractivity (Wildman–Crippen MR) is 88.8 cm³/mol. The highest BCUT2D eigenvalue weighted by Gasteiger charge is 2.41. The van der Waals surface area contributed by atoms with E-state index in [9.17, 15) is 4.79 Å². The van der Waals surface area contributed by atoms with Crippen molar-refractivity contribution in [3.63, 3.8) is 0 Å². The molecule has 2 heterocycles. The molecular formula is C15H19Cl3N2O. The maximum atomic E-state index is 12.7. The van der Waals surface area contributed by atoms with Gasteiger partial charge in [0, 0.05) is 13.1 Å². The Morgan fingerprint density at radius 3 is 2.38 bits per heavy atom. The lowest BCUT2D eigenvalue weighted by atomic mass is 9.78. The second kappa shape index (κ2) is 6.74. The molecule has 3 rings (SSSR count). The molecule has 1 aromatic carbocycles. The standard InChI is InChI=1S/C15H18Cl2N2O.ClH/c16-11-2-1-3-12(17)13(11)14(20)19-9-6-15(10-19)4-7-18-8-5-15;/h1-3,18H,4-10H2;1H. The van der Waals surface area contributed by atoms with Gasteiger partial charge < -0.3 is 10.2 Å². The van der Waals surface area contributed by atoms with Gasteiger partial charge in [-0.1, -0.05) is 29.3 Å². The number of carbonyl (C=O) groups is 1. The molecule has 0 aromatic heterocycles. The first-order chi connectivity index (χ1) is 9.61. The van der Waals surface area contributed by atoms with Crippen LogP contribution in [-0.2, 0) is 0 Å². The molecule has 0 aliphatic carbocycles. The molecule has 2 aliphatic heterocycles. The van der Waals surface area contributed by atoms with Crippen molar-refractivity contribution in [3.05, 3.63) is 33.8 Å². The number of nitrogens with one attached hydrogen (secondary N) is 1. The van der Waals surface area contributed by atoms with Crippen LogP contribution in [0.4, 0.5) is 0 Å². The third-order valence-electron chi connectivity index (χ3n) is 4.57. The van der Waals surface area contributed by atoms with Crippen molar-refractivity contribution >= 4 is 41.5 Å². The quantitative estimate of drug-likeness (QED) is 0.839. The highest BCUT2D eigenvalue weighted by molar-refractivity contribution is 6.39. The molecule has 3 nitrogen and oxygen atoms in total. The lowest BCUT2D eigenvalue weighted by Gasteiger charge is -2.33. The van der Waals surface area contributed by atoms with Gasteiger partial charge in [-0.2, -0.15) is 0 Å². The van der Waals surface area contributed by atoms with E-state index in [-0.39, 0.29) is 18.3 Å². The third kappa shape index (κ3) is 3.31. The van der Waals surface area contributed by atoms with Crippen molar-refractivity contribution in [1.29, 1.82) is 0 Å². The minimum atomic E-state index is -0.0315. The minimum absolute atomic E-state index is 0. The molecule has 0 bridgehead atoms. The molecule has 0 unspecified atom stereocenters. The summed E-state index contributed by atoms with van der Waals surface area (Å²) in [6, 6.07) is 5.20. The van der Waals surface area contributed by atoms with Crippen molar-refractivity contribution in [2.45, 2.75) is 19.3 Å². The van der Waals surface area contributed by atoms with Crippen LogP contribution >= 0.6 is 35.6 Å². The summed E-state index contributed by atoms with van der Waals surface area (Å²) in [5, 5.41) is 4.26. The van der Waals surface area contributed by atoms with E-state index in [1.54, 1.807) is 18.2 Å². The molecule has 1 aromatic rings. The van der Waals surface area contributed by atoms with Crippen molar-refractivity contribution in [2.24, 2.45) is 5.41 Å². The monoisotopic (exact) mass is 348 g/mol. The van der Waals surface area contributed by atoms with Gasteiger partial charge in [0.25, 0.3) is 5.91 Å². The molecule has 6 heteroatoms. The average molecular weight is 350 g/mol. The summed E-state index contributed by atoms with van der Waals surface area (Å²) in [5.41, 5.74) is 0.746. The molecule has 0 atom stereocenters. The topological polar surface area (TPSA) is 32.3 Å². The van der Waals surface area contributed by atoms with E-state index in [2.05, 4.69) is 5.32 Å². The van der Waals surface area contributed by atoms with Gasteiger partial charge in [-0.15, -0.1) is 12.4 Å². The first kappa shape index (κ1) is 16.9. The highest BCUT2D eigenvalue weighted by atomic mass is 35.5. The Balaban J connectivity index is 0.00000161. The molecule has 1 amide bonds. The fourth-order valence-corrected chi connectivity index (χ4v) is 3.89. The molecular weight excluding hydrogens is 331 g/mol. The summed E-state index contributed by atoms with van der Waals surface area (Å²) < 4.78 is 0. The number of carbonyl (C=O) groups excluding carboxylic acids is 1. The van der Waals surface area contributed by atoms with Gasteiger partial charge in [-0.3, -0.25) is 4.79 Å². The Morgan fingerprint density at radius 2 is 1.76 bits per heavy atom. The number of likely N-dealkylation sites (tertiary alicyclic amines) is 1. The Kier molecular flexibility index (Phi) is 5.42. The van der Waals surface area contributed by atoms with Gasteiger partial charge in [0.1, 0.15) is 0 Å². The Morgan fingerprint density at radius 1 is 1.14 bits per heavy atom. The molecule has 2 saturated heterocycles. The van der Waals surface area contributed by atoms with E-state index < -0.39 is 0 Å². The number of piperidine rings is 1. The van der Waals surface area contributed by atoms with E-state index in [1.807, 2.05) is 4.90 Å². The van der Waals surface area contributed by atoms with Gasteiger partial charge in [0.05, 0.1) is 15.6 Å². The second-order valence-electron chi connectivity index (χ2n) is 5.82. The lowest BCUT2D eigenvalue weighted by Crippen LogP contribution is -2.39. The molecule has 2 aliphatic rings. The first-order valence-electron chi connectivity index (χ1n) is 7.05. The summed E-state index contributed by atoms with van der Waals surface area (Å²) in [4.78, 5) is 14.6. The number of hydrogen-bond donors (Lipinski definition) is 1. The number of rotatable bonds is 1. The number of hydrogen-bond acceptors (Lipinski definition) is 2. The fraction of sp³-hybridized carbons (Fsp3) is 0.533. The van der Waals surface area contributed by atoms with E-state index in [4.69, 9.17) is 23.2 Å². The third-order valence-corrected chi connectivity index (χ3v) is 5.20. The zero-order valence-electron chi connectivity index (χ0n) is 11.7. The van der Waals surface area contributed by atoms with Crippen LogP contribution in [0.25, 0.3) is 0 Å². The van der Waals surface area contributed by atoms with Gasteiger partial charge in [-0.25, -0.2) is 0 Å². The minimum Gasteiger partial charge on any atom is -0.338 e. The van der Waals surface area contributed by atoms with Crippen LogP contribution < -0.4 is 5.32 Å². The smallest absolute Gasteiger partial charge is 0.256 e. The Hall–Kier alpha value is -0.480. The van der Waals surface area contributed by atoms with E-state index in [0.29, 0.717) is 21.0 Å². The summed E-state index contributed by atoms with van der Waals surface area (Å²) in [7, 11) is 0. The van der Waals surface area contributed by atoms with Gasteiger partial charge in [0.2, 0.25) is 0 Å². The van der Waals surface area contributed by atoms with Gasteiger partial charge in [-0.05, 0) is 49.9 Å². The zero-order valence-corrected chi connectivity index (χ0v) is 14.0. The molecule has 1 spiro atoms. The maximum absolute atomic E-state index is 12.7. The van der Waals surface area contributed by atoms with Crippen LogP contribution in [0, 0.1) is 5.41 Å². The molecule has 0 radical (unpaired) electrons. The normalized spacial score (nSPS) is 20.4.